The van der Waals surface area contributed by atoms with E-state index in [0.29, 0.717) is 6.42 Å². The SMILES string of the molecule is COC(=O)CC(C)c1ccc(OC)c(C(C)(C)C)c1. The topological polar surface area (TPSA) is 35.5 Å². The van der Waals surface area contributed by atoms with Gasteiger partial charge in [-0.25, -0.2) is 0 Å². The van der Waals surface area contributed by atoms with Crippen LogP contribution in [0.4, 0.5) is 0 Å². The Bertz CT molecular complexity index is 444. The monoisotopic (exact) mass is 264 g/mol. The predicted molar refractivity (Wildman–Crippen MR) is 76.7 cm³/mol. The molecule has 0 aromatic heterocycles. The van der Waals surface area contributed by atoms with Crippen molar-refractivity contribution in [3.63, 3.8) is 0 Å². The largest absolute Gasteiger partial charge is 0.496 e. The molecule has 0 amide bonds. The molecule has 0 N–H and O–H groups in total. The minimum Gasteiger partial charge on any atom is -0.496 e. The Labute approximate surface area is 115 Å². The van der Waals surface area contributed by atoms with E-state index in [1.807, 2.05) is 19.1 Å². The van der Waals surface area contributed by atoms with Crippen LogP contribution in [-0.2, 0) is 14.9 Å². The van der Waals surface area contributed by atoms with Crippen molar-refractivity contribution in [1.82, 2.24) is 0 Å². The van der Waals surface area contributed by atoms with Crippen LogP contribution in [0.25, 0.3) is 0 Å². The number of benzene rings is 1. The first-order chi connectivity index (χ1) is 8.79. The van der Waals surface area contributed by atoms with Gasteiger partial charge in [-0.2, -0.15) is 0 Å². The van der Waals surface area contributed by atoms with Gasteiger partial charge < -0.3 is 9.47 Å². The summed E-state index contributed by atoms with van der Waals surface area (Å²) in [4.78, 5) is 11.4. The molecule has 3 heteroatoms. The molecule has 0 fully saturated rings. The number of rotatable bonds is 4. The first-order valence-corrected chi connectivity index (χ1v) is 6.54. The molecule has 0 heterocycles. The van der Waals surface area contributed by atoms with Gasteiger partial charge in [-0.1, -0.05) is 39.8 Å². The fraction of sp³-hybridized carbons (Fsp3) is 0.562. The van der Waals surface area contributed by atoms with Crippen molar-refractivity contribution in [3.8, 4) is 5.75 Å². The summed E-state index contributed by atoms with van der Waals surface area (Å²) in [7, 11) is 3.10. The molecule has 3 nitrogen and oxygen atoms in total. The first-order valence-electron chi connectivity index (χ1n) is 6.54. The number of hydrogen-bond acceptors (Lipinski definition) is 3. The second kappa shape index (κ2) is 6.09. The minimum absolute atomic E-state index is 0.00629. The molecule has 1 atom stereocenters. The molecular weight excluding hydrogens is 240 g/mol. The molecule has 1 unspecified atom stereocenters. The summed E-state index contributed by atoms with van der Waals surface area (Å²) in [6.07, 6.45) is 0.395. The van der Waals surface area contributed by atoms with Crippen LogP contribution in [0.15, 0.2) is 18.2 Å². The normalized spacial score (nSPS) is 12.9. The standard InChI is InChI=1S/C16H24O3/c1-11(9-15(17)19-6)12-7-8-14(18-5)13(10-12)16(2,3)4/h7-8,10-11H,9H2,1-6H3. The van der Waals surface area contributed by atoms with E-state index in [-0.39, 0.29) is 17.3 Å². The van der Waals surface area contributed by atoms with Crippen LogP contribution >= 0.6 is 0 Å². The Kier molecular flexibility index (Phi) is 4.98. The Hall–Kier alpha value is -1.51. The molecule has 1 aromatic rings. The van der Waals surface area contributed by atoms with E-state index in [2.05, 4.69) is 26.8 Å². The van der Waals surface area contributed by atoms with Gasteiger partial charge >= 0.3 is 5.97 Å². The van der Waals surface area contributed by atoms with Gasteiger partial charge in [-0.05, 0) is 28.5 Å². The van der Waals surface area contributed by atoms with E-state index < -0.39 is 0 Å². The number of carbonyl (C=O) groups is 1. The van der Waals surface area contributed by atoms with Crippen molar-refractivity contribution in [3.05, 3.63) is 29.3 Å². The van der Waals surface area contributed by atoms with E-state index >= 15 is 0 Å². The quantitative estimate of drug-likeness (QED) is 0.779. The maximum Gasteiger partial charge on any atom is 0.306 e. The smallest absolute Gasteiger partial charge is 0.306 e. The van der Waals surface area contributed by atoms with Gasteiger partial charge in [0.1, 0.15) is 5.75 Å². The van der Waals surface area contributed by atoms with Crippen LogP contribution in [0.1, 0.15) is 51.2 Å². The lowest BCUT2D eigenvalue weighted by Gasteiger charge is -2.24. The van der Waals surface area contributed by atoms with E-state index in [9.17, 15) is 4.79 Å². The molecule has 0 aliphatic rings. The van der Waals surface area contributed by atoms with Crippen LogP contribution in [0.3, 0.4) is 0 Å². The Morgan fingerprint density at radius 2 is 1.89 bits per heavy atom. The van der Waals surface area contributed by atoms with E-state index in [0.717, 1.165) is 16.9 Å². The number of hydrogen-bond donors (Lipinski definition) is 0. The molecule has 19 heavy (non-hydrogen) atoms. The third kappa shape index (κ3) is 3.98. The lowest BCUT2D eigenvalue weighted by Crippen LogP contribution is -2.14. The van der Waals surface area contributed by atoms with Crippen molar-refractivity contribution < 1.29 is 14.3 Å². The van der Waals surface area contributed by atoms with E-state index in [1.165, 1.54) is 7.11 Å². The molecule has 0 spiro atoms. The highest BCUT2D eigenvalue weighted by Gasteiger charge is 2.21. The highest BCUT2D eigenvalue weighted by atomic mass is 16.5. The maximum absolute atomic E-state index is 11.4. The molecule has 0 bridgehead atoms. The molecule has 0 aliphatic carbocycles. The summed E-state index contributed by atoms with van der Waals surface area (Å²) in [6.45, 7) is 8.49. The van der Waals surface area contributed by atoms with Crippen molar-refractivity contribution >= 4 is 5.97 Å². The molecule has 1 rings (SSSR count). The maximum atomic E-state index is 11.4. The molecule has 0 aliphatic heterocycles. The van der Waals surface area contributed by atoms with Gasteiger partial charge in [0, 0.05) is 0 Å². The zero-order valence-corrected chi connectivity index (χ0v) is 12.7. The van der Waals surface area contributed by atoms with Gasteiger partial charge in [0.05, 0.1) is 20.6 Å². The lowest BCUT2D eigenvalue weighted by atomic mass is 9.83. The summed E-state index contributed by atoms with van der Waals surface area (Å²) >= 11 is 0. The van der Waals surface area contributed by atoms with Crippen molar-refractivity contribution in [2.45, 2.75) is 45.4 Å². The number of esters is 1. The van der Waals surface area contributed by atoms with E-state index in [1.54, 1.807) is 7.11 Å². The summed E-state index contributed by atoms with van der Waals surface area (Å²) < 4.78 is 10.1. The molecule has 0 saturated carbocycles. The number of ether oxygens (including phenoxy) is 2. The molecule has 106 valence electrons. The number of methoxy groups -OCH3 is 2. The Morgan fingerprint density at radius 1 is 1.26 bits per heavy atom. The van der Waals surface area contributed by atoms with Crippen LogP contribution < -0.4 is 4.74 Å². The van der Waals surface area contributed by atoms with Crippen molar-refractivity contribution in [1.29, 1.82) is 0 Å². The fourth-order valence-corrected chi connectivity index (χ4v) is 2.07. The third-order valence-electron chi connectivity index (χ3n) is 3.30. The highest BCUT2D eigenvalue weighted by Crippen LogP contribution is 2.34. The lowest BCUT2D eigenvalue weighted by molar-refractivity contribution is -0.140. The fourth-order valence-electron chi connectivity index (χ4n) is 2.07. The zero-order chi connectivity index (χ0) is 14.6. The van der Waals surface area contributed by atoms with Gasteiger partial charge in [0.15, 0.2) is 0 Å². The van der Waals surface area contributed by atoms with Gasteiger partial charge in [-0.15, -0.1) is 0 Å². The van der Waals surface area contributed by atoms with Gasteiger partial charge in [0.25, 0.3) is 0 Å². The second-order valence-corrected chi connectivity index (χ2v) is 5.89. The second-order valence-electron chi connectivity index (χ2n) is 5.89. The molecule has 0 radical (unpaired) electrons. The predicted octanol–water partition coefficient (Wildman–Crippen LogP) is 3.66. The Balaban J connectivity index is 3.08. The summed E-state index contributed by atoms with van der Waals surface area (Å²) in [6, 6.07) is 6.12. The average molecular weight is 264 g/mol. The van der Waals surface area contributed by atoms with E-state index in [4.69, 9.17) is 9.47 Å². The van der Waals surface area contributed by atoms with Crippen LogP contribution in [0, 0.1) is 0 Å². The Morgan fingerprint density at radius 3 is 2.37 bits per heavy atom. The third-order valence-corrected chi connectivity index (χ3v) is 3.30. The van der Waals surface area contributed by atoms with Crippen molar-refractivity contribution in [2.75, 3.05) is 14.2 Å². The van der Waals surface area contributed by atoms with Crippen molar-refractivity contribution in [2.24, 2.45) is 0 Å². The number of carbonyl (C=O) groups excluding carboxylic acids is 1. The minimum atomic E-state index is -0.180. The average Bonchev–Trinajstić information content (AvgIpc) is 2.36. The summed E-state index contributed by atoms with van der Waals surface area (Å²) in [5.41, 5.74) is 2.30. The molecule has 0 saturated heterocycles. The summed E-state index contributed by atoms with van der Waals surface area (Å²) in [5.74, 6) is 0.849. The van der Waals surface area contributed by atoms with Gasteiger partial charge in [-0.3, -0.25) is 4.79 Å². The van der Waals surface area contributed by atoms with Gasteiger partial charge in [0.2, 0.25) is 0 Å². The van der Waals surface area contributed by atoms with Crippen LogP contribution in [-0.4, -0.2) is 20.2 Å². The molecular formula is C16H24O3. The molecule has 1 aromatic carbocycles. The zero-order valence-electron chi connectivity index (χ0n) is 12.7. The van der Waals surface area contributed by atoms with Crippen LogP contribution in [0.5, 0.6) is 5.75 Å². The highest BCUT2D eigenvalue weighted by molar-refractivity contribution is 5.70. The van der Waals surface area contributed by atoms with Crippen LogP contribution in [0.2, 0.25) is 0 Å². The first kappa shape index (κ1) is 15.5. The summed E-state index contributed by atoms with van der Waals surface area (Å²) in [5, 5.41) is 0.